The van der Waals surface area contributed by atoms with Crippen LogP contribution in [-0.2, 0) is 74.3 Å². The number of unbranched alkanes of at least 4 members (excludes halogenated alkanes) is 5. The van der Waals surface area contributed by atoms with Crippen LogP contribution < -0.4 is 137 Å². The number of aromatic amines is 2. The van der Waals surface area contributed by atoms with Crippen LogP contribution in [0.1, 0.15) is 94.1 Å². The normalized spacial score (nSPS) is 29.0. The Hall–Kier alpha value is -4.25. The number of ketones is 1. The second-order valence-corrected chi connectivity index (χ2v) is 29.2. The van der Waals surface area contributed by atoms with Gasteiger partial charge in [-0.25, -0.2) is 13.2 Å². The third kappa shape index (κ3) is 22.9. The summed E-state index contributed by atoms with van der Waals surface area (Å²) >= 11 is 0. The van der Waals surface area contributed by atoms with Crippen molar-refractivity contribution in [3.63, 3.8) is 0 Å². The van der Waals surface area contributed by atoms with Crippen LogP contribution in [0.3, 0.4) is 0 Å². The van der Waals surface area contributed by atoms with Crippen LogP contribution in [0.4, 0.5) is 22.7 Å². The maximum atomic E-state index is 14.2. The van der Waals surface area contributed by atoms with Gasteiger partial charge in [0.1, 0.15) is 118 Å². The number of fused-ring (bicyclic) bond motifs is 1. The summed E-state index contributed by atoms with van der Waals surface area (Å²) < 4.78 is 120. The second-order valence-electron chi connectivity index (χ2n) is 26.5. The van der Waals surface area contributed by atoms with Gasteiger partial charge in [-0.2, -0.15) is 18.2 Å². The van der Waals surface area contributed by atoms with Gasteiger partial charge >= 0.3 is 94.4 Å². The third-order valence-corrected chi connectivity index (χ3v) is 20.6. The molecule has 19 unspecified atom stereocenters. The molecule has 5 heterocycles. The van der Waals surface area contributed by atoms with Crippen LogP contribution in [-0.4, -0.2) is 265 Å². The van der Waals surface area contributed by atoms with Crippen LogP contribution in [0.15, 0.2) is 83.6 Å². The third-order valence-electron chi connectivity index (χ3n) is 18.9. The van der Waals surface area contributed by atoms with Gasteiger partial charge in [0.2, 0.25) is 5.79 Å². The van der Waals surface area contributed by atoms with Gasteiger partial charge in [0.15, 0.2) is 18.9 Å². The van der Waals surface area contributed by atoms with Crippen LogP contribution in [0.25, 0.3) is 10.8 Å². The Morgan fingerprint density at radius 2 is 1.35 bits per heavy atom. The van der Waals surface area contributed by atoms with E-state index in [1.165, 1.54) is 19.9 Å². The number of carbonyl (C=O) groups is 3. The standard InChI is InChI=1S/C66H87N6O33S2.3Na/c1-29-38(77)24-66(64(89)90,104-56(29)49(81)39(78)26-73)105-59-50(82)40(27-74)100-63(55(59)87)102-57-41(28-75)101-61(47(72-60(88)37-23-43(79)71-65(91)70-37)58(57)103-62-54(86)53(85)48(80)30(2)99-62)98-19-8-6-4-3-5-7-15-34(76)16-11-18-67-45-46(52(84)51(45)83)69-33-14-9-12-31(20-33)25-68-36-22-35(106(92,93)94)21-32-13-10-17-42(44(32)36)107(95,96)97;;;/h9,12-14,17,20-23,29-30,38-41,47-50,53-59,61-63,67-69,73-75,77-78,80-82,85-87H,3-8,11,15-16,18-19,24-28H2,1-2H3,(H,72,88)(H,89,90)(H,92,93,94)(H,95,96,97)(H2,70,71,79,91);;;/q-1;3*+1/p-3/t29?,30?,38?,39-,40?,41?,47?,48?,49-,50?,53?,54?,55?,56?,57?,58?,59?,61?,62?,63?,66?;;;/m1.../s1. The van der Waals surface area contributed by atoms with Gasteiger partial charge in [0.25, 0.3) is 22.3 Å². The minimum atomic E-state index is -5.09. The number of aliphatic hydroxyl groups excluding tert-OH is 11. The first-order valence-electron chi connectivity index (χ1n) is 34.1. The molecule has 0 radical (unpaired) electrons. The second kappa shape index (κ2) is 41.5. The minimum absolute atomic E-state index is 0. The topological polar surface area (TPSA) is 633 Å². The van der Waals surface area contributed by atoms with Gasteiger partial charge in [0.05, 0.1) is 48.3 Å². The number of carboxylic acids is 1. The van der Waals surface area contributed by atoms with E-state index >= 15 is 0 Å². The molecule has 17 N–H and O–H groups in total. The first-order valence-corrected chi connectivity index (χ1v) is 36.9. The number of hydrogen-bond donors (Lipinski definition) is 17. The minimum Gasteiger partial charge on any atom is -0.754 e. The Morgan fingerprint density at radius 1 is 0.709 bits per heavy atom. The number of Topliss-reactive ketones (excluding diaryl/α,β-unsaturated/α-hetero) is 1. The zero-order chi connectivity index (χ0) is 78.1. The molecule has 0 aliphatic carbocycles. The molecule has 44 heteroatoms. The monoisotopic (exact) mass is 1620 g/mol. The molecular weight excluding hydrogens is 1540 g/mol. The SMILES string of the molecule is CC1OC(OC2C(NC(=O)c3cc(=O)[nH]c(=O)[nH]3)C(OCCCCCCCCC(=O)CCCNc3c(Nc4cccc(CNc5cc(S(=O)(=O)[O-])cc6c[c-]cc(S(=O)(=O)[O-])c56)c4)c(=O)c3=O)OC(CO)C2OC2OC(CO)C(O)C(OC3(C(=O)[O-])CC(O)C(C)C([C@H](O)[C@H](O)CO)O3)C2O)C(O)C(O)C1O.[Na+].[Na+].[Na+]. The molecule has 0 saturated carbocycles. The molecule has 9 rings (SSSR count). The van der Waals surface area contributed by atoms with E-state index in [1.807, 2.05) is 4.98 Å². The van der Waals surface area contributed by atoms with Gasteiger partial charge in [-0.15, -0.1) is 5.39 Å². The van der Waals surface area contributed by atoms with Crippen molar-refractivity contribution in [2.45, 2.75) is 217 Å². The predicted molar refractivity (Wildman–Crippen MR) is 359 cm³/mol. The van der Waals surface area contributed by atoms with Crippen molar-refractivity contribution in [3.05, 3.63) is 113 Å². The van der Waals surface area contributed by atoms with Crippen molar-refractivity contribution in [1.82, 2.24) is 15.3 Å². The number of carboxylic acid groups (broad SMARTS) is 1. The molecule has 592 valence electrons. The average Bonchev–Trinajstić information content (AvgIpc) is 0.647. The van der Waals surface area contributed by atoms with Gasteiger partial charge in [-0.1, -0.05) is 56.2 Å². The summed E-state index contributed by atoms with van der Waals surface area (Å²) in [6.07, 6.45) is -32.5. The number of benzene rings is 3. The summed E-state index contributed by atoms with van der Waals surface area (Å²) in [5.74, 6) is -7.91. The van der Waals surface area contributed by atoms with Gasteiger partial charge in [-0.05, 0) is 54.8 Å². The quantitative estimate of drug-likeness (QED) is 0.00582. The van der Waals surface area contributed by atoms with Crippen LogP contribution in [0, 0.1) is 12.0 Å². The number of hydrogen-bond acceptors (Lipinski definition) is 36. The predicted octanol–water partition coefficient (Wildman–Crippen LogP) is -14.8. The molecule has 5 aromatic rings. The number of aliphatic hydroxyl groups is 11. The molecule has 4 aliphatic rings. The maximum absolute atomic E-state index is 14.2. The number of H-pyrrole nitrogens is 2. The zero-order valence-electron chi connectivity index (χ0n) is 60.3. The van der Waals surface area contributed by atoms with Crippen LogP contribution in [0.2, 0.25) is 0 Å². The number of carbonyl (C=O) groups excluding carboxylic acids is 3. The Bertz CT molecular complexity index is 4340. The molecule has 0 spiro atoms. The van der Waals surface area contributed by atoms with Crippen molar-refractivity contribution >= 4 is 71.4 Å². The molecule has 110 heavy (non-hydrogen) atoms. The molecule has 0 bridgehead atoms. The number of ether oxygens (including phenoxy) is 8. The number of rotatable bonds is 36. The Kier molecular flexibility index (Phi) is 35.7. The van der Waals surface area contributed by atoms with Crippen molar-refractivity contribution in [2.24, 2.45) is 5.92 Å². The molecule has 4 aliphatic heterocycles. The largest absolute Gasteiger partial charge is 1.00 e. The van der Waals surface area contributed by atoms with Crippen LogP contribution >= 0.6 is 0 Å². The first kappa shape index (κ1) is 94.6. The molecule has 39 nitrogen and oxygen atoms in total. The van der Waals surface area contributed by atoms with Gasteiger partial charge in [-0.3, -0.25) is 37.4 Å². The molecule has 21 atom stereocenters. The summed E-state index contributed by atoms with van der Waals surface area (Å²) in [5.41, 5.74) is -3.86. The van der Waals surface area contributed by atoms with Crippen molar-refractivity contribution in [1.29, 1.82) is 0 Å². The summed E-state index contributed by atoms with van der Waals surface area (Å²) in [6, 6.07) is 11.6. The Morgan fingerprint density at radius 3 is 2.01 bits per heavy atom. The van der Waals surface area contributed by atoms with Crippen molar-refractivity contribution in [2.75, 3.05) is 48.9 Å². The fraction of sp³-hybridized carbons (Fsp3) is 0.591. The van der Waals surface area contributed by atoms with Crippen molar-refractivity contribution < 1.29 is 228 Å². The van der Waals surface area contributed by atoms with Gasteiger partial charge < -0.3 is 139 Å². The number of amides is 1. The van der Waals surface area contributed by atoms with E-state index < -0.39 is 224 Å². The van der Waals surface area contributed by atoms with E-state index in [0.29, 0.717) is 49.4 Å². The molecule has 4 aromatic carbocycles. The first-order chi connectivity index (χ1) is 50.6. The van der Waals surface area contributed by atoms with E-state index in [0.717, 1.165) is 18.2 Å². The molecule has 4 fully saturated rings. The van der Waals surface area contributed by atoms with E-state index in [-0.39, 0.29) is 168 Å². The van der Waals surface area contributed by atoms with E-state index in [1.54, 1.807) is 24.3 Å². The van der Waals surface area contributed by atoms with Crippen molar-refractivity contribution in [3.8, 4) is 0 Å². The number of anilines is 4. The summed E-state index contributed by atoms with van der Waals surface area (Å²) in [5, 5.41) is 144. The number of aliphatic carboxylic acids is 1. The smallest absolute Gasteiger partial charge is 0.754 e. The Labute approximate surface area is 693 Å². The van der Waals surface area contributed by atoms with Gasteiger partial charge in [0, 0.05) is 67.2 Å². The summed E-state index contributed by atoms with van der Waals surface area (Å²) in [4.78, 5) is 93.1. The maximum Gasteiger partial charge on any atom is 1.00 e. The van der Waals surface area contributed by atoms with Crippen LogP contribution in [0.5, 0.6) is 0 Å². The molecule has 1 amide bonds. The van der Waals surface area contributed by atoms with E-state index in [9.17, 15) is 121 Å². The number of nitrogens with one attached hydrogen (secondary N) is 6. The molecule has 4 saturated heterocycles. The number of aromatic nitrogens is 2. The average molecular weight is 1620 g/mol. The molecular formula is C66H84N6Na3O33S2-. The zero-order valence-corrected chi connectivity index (χ0v) is 67.9. The van der Waals surface area contributed by atoms with E-state index in [2.05, 4.69) is 32.3 Å². The summed E-state index contributed by atoms with van der Waals surface area (Å²) in [6.45, 7) is -0.827. The fourth-order valence-corrected chi connectivity index (χ4v) is 14.2. The molecule has 1 aromatic heterocycles. The Balaban J connectivity index is 0.00000630. The van der Waals surface area contributed by atoms with E-state index in [4.69, 9.17) is 37.9 Å². The fourth-order valence-electron chi connectivity index (χ4n) is 13.0. The summed E-state index contributed by atoms with van der Waals surface area (Å²) in [7, 11) is -10.1.